The van der Waals surface area contributed by atoms with Crippen LogP contribution in [-0.4, -0.2) is 4.98 Å². The number of hydrogen-bond donors (Lipinski definition) is 1. The molecule has 0 amide bonds. The van der Waals surface area contributed by atoms with Gasteiger partial charge in [0, 0.05) is 11.4 Å². The van der Waals surface area contributed by atoms with Crippen LogP contribution in [0.5, 0.6) is 0 Å². The summed E-state index contributed by atoms with van der Waals surface area (Å²) < 4.78 is 0. The summed E-state index contributed by atoms with van der Waals surface area (Å²) in [6.45, 7) is 4.64. The van der Waals surface area contributed by atoms with Crippen molar-refractivity contribution in [3.63, 3.8) is 0 Å². The van der Waals surface area contributed by atoms with Crippen molar-refractivity contribution in [3.05, 3.63) is 23.0 Å². The molecule has 1 aromatic heterocycles. The Kier molecular flexibility index (Phi) is 4.09. The minimum atomic E-state index is 0.720. The second-order valence-electron chi connectivity index (χ2n) is 5.33. The van der Waals surface area contributed by atoms with Crippen LogP contribution in [0, 0.1) is 0 Å². The summed E-state index contributed by atoms with van der Waals surface area (Å²) in [6.07, 6.45) is 10.8. The van der Waals surface area contributed by atoms with Gasteiger partial charge in [0.1, 0.15) is 0 Å². The molecule has 0 saturated heterocycles. The minimum absolute atomic E-state index is 0.720. The molecule has 1 aromatic rings. The van der Waals surface area contributed by atoms with Crippen LogP contribution in [0.15, 0.2) is 6.07 Å². The Labute approximate surface area is 99.6 Å². The Hall–Kier alpha value is -0.720. The number of rotatable bonds is 5. The van der Waals surface area contributed by atoms with E-state index < -0.39 is 0 Å². The molecule has 1 nitrogen and oxygen atoms in total. The zero-order chi connectivity index (χ0) is 11.4. The highest BCUT2D eigenvalue weighted by atomic mass is 14.7. The van der Waals surface area contributed by atoms with Gasteiger partial charge in [-0.1, -0.05) is 33.1 Å². The van der Waals surface area contributed by atoms with Crippen LogP contribution in [0.4, 0.5) is 0 Å². The molecule has 0 radical (unpaired) electrons. The number of aromatic amines is 1. The highest BCUT2D eigenvalue weighted by molar-refractivity contribution is 5.29. The summed E-state index contributed by atoms with van der Waals surface area (Å²) >= 11 is 0. The number of H-pyrrole nitrogens is 1. The monoisotopic (exact) mass is 219 g/mol. The zero-order valence-corrected chi connectivity index (χ0v) is 10.8. The van der Waals surface area contributed by atoms with Gasteiger partial charge < -0.3 is 4.98 Å². The summed E-state index contributed by atoms with van der Waals surface area (Å²) in [6, 6.07) is 2.44. The molecule has 0 spiro atoms. The Balaban J connectivity index is 1.95. The fourth-order valence-electron chi connectivity index (χ4n) is 2.75. The van der Waals surface area contributed by atoms with Gasteiger partial charge in [-0.3, -0.25) is 0 Å². The van der Waals surface area contributed by atoms with E-state index in [2.05, 4.69) is 24.9 Å². The first kappa shape index (κ1) is 11.8. The summed E-state index contributed by atoms with van der Waals surface area (Å²) in [4.78, 5) is 3.66. The molecule has 1 heteroatoms. The molecule has 1 aliphatic rings. The van der Waals surface area contributed by atoms with Crippen LogP contribution in [0.2, 0.25) is 0 Å². The second-order valence-corrected chi connectivity index (χ2v) is 5.33. The van der Waals surface area contributed by atoms with E-state index in [4.69, 9.17) is 0 Å². The van der Waals surface area contributed by atoms with Crippen LogP contribution < -0.4 is 0 Å². The lowest BCUT2D eigenvalue weighted by Gasteiger charge is -2.09. The Morgan fingerprint density at radius 1 is 1.25 bits per heavy atom. The normalized spacial score (nSPS) is 17.1. The molecule has 2 rings (SSSR count). The Bertz CT molecular complexity index is 301. The van der Waals surface area contributed by atoms with Gasteiger partial charge in [0.05, 0.1) is 0 Å². The quantitative estimate of drug-likeness (QED) is 0.698. The van der Waals surface area contributed by atoms with E-state index in [-0.39, 0.29) is 0 Å². The predicted octanol–water partition coefficient (Wildman–Crippen LogP) is 4.58. The lowest BCUT2D eigenvalue weighted by atomic mass is 9.96. The molecule has 90 valence electrons. The number of unbranched alkanes of at least 4 members (excludes halogenated alkanes) is 2. The summed E-state index contributed by atoms with van der Waals surface area (Å²) in [5, 5.41) is 0. The SMILES string of the molecule is CCCCCC(C)c1cc2c([nH]1)CCCC2. The van der Waals surface area contributed by atoms with E-state index >= 15 is 0 Å². The van der Waals surface area contributed by atoms with Crippen molar-refractivity contribution in [3.8, 4) is 0 Å². The van der Waals surface area contributed by atoms with Gasteiger partial charge in [-0.2, -0.15) is 0 Å². The standard InChI is InChI=1S/C15H25N/c1-3-4-5-8-12(2)15-11-13-9-6-7-10-14(13)16-15/h11-12,16H,3-10H2,1-2H3. The molecule has 0 fully saturated rings. The van der Waals surface area contributed by atoms with E-state index in [1.54, 1.807) is 5.56 Å². The molecule has 1 heterocycles. The maximum Gasteiger partial charge on any atom is 0.0181 e. The van der Waals surface area contributed by atoms with Crippen molar-refractivity contribution in [2.24, 2.45) is 0 Å². The fourth-order valence-corrected chi connectivity index (χ4v) is 2.75. The van der Waals surface area contributed by atoms with Gasteiger partial charge in [-0.15, -0.1) is 0 Å². The maximum absolute atomic E-state index is 3.66. The first-order chi connectivity index (χ1) is 7.81. The third kappa shape index (κ3) is 2.69. The van der Waals surface area contributed by atoms with Crippen molar-refractivity contribution >= 4 is 0 Å². The lowest BCUT2D eigenvalue weighted by molar-refractivity contribution is 0.588. The van der Waals surface area contributed by atoms with Gasteiger partial charge in [0.2, 0.25) is 0 Å². The third-order valence-corrected chi connectivity index (χ3v) is 3.91. The van der Waals surface area contributed by atoms with Crippen molar-refractivity contribution in [2.45, 2.75) is 71.1 Å². The molecule has 1 aliphatic carbocycles. The van der Waals surface area contributed by atoms with Gasteiger partial charge >= 0.3 is 0 Å². The van der Waals surface area contributed by atoms with E-state index in [0.717, 1.165) is 5.92 Å². The minimum Gasteiger partial charge on any atom is -0.362 e. The molecule has 0 saturated carbocycles. The molecular weight excluding hydrogens is 194 g/mol. The number of nitrogens with one attached hydrogen (secondary N) is 1. The van der Waals surface area contributed by atoms with E-state index in [0.29, 0.717) is 0 Å². The van der Waals surface area contributed by atoms with E-state index in [1.807, 2.05) is 0 Å². The average Bonchev–Trinajstić information content (AvgIpc) is 2.73. The molecular formula is C15H25N. The highest BCUT2D eigenvalue weighted by Crippen LogP contribution is 2.27. The van der Waals surface area contributed by atoms with E-state index in [9.17, 15) is 0 Å². The summed E-state index contributed by atoms with van der Waals surface area (Å²) in [7, 11) is 0. The van der Waals surface area contributed by atoms with Crippen LogP contribution in [0.1, 0.15) is 75.2 Å². The smallest absolute Gasteiger partial charge is 0.0181 e. The lowest BCUT2D eigenvalue weighted by Crippen LogP contribution is -1.99. The number of hydrogen-bond acceptors (Lipinski definition) is 0. The molecule has 1 N–H and O–H groups in total. The predicted molar refractivity (Wildman–Crippen MR) is 70.0 cm³/mol. The molecule has 0 aliphatic heterocycles. The largest absolute Gasteiger partial charge is 0.362 e. The number of fused-ring (bicyclic) bond motifs is 1. The maximum atomic E-state index is 3.66. The Morgan fingerprint density at radius 3 is 2.81 bits per heavy atom. The van der Waals surface area contributed by atoms with Crippen molar-refractivity contribution in [1.29, 1.82) is 0 Å². The molecule has 1 unspecified atom stereocenters. The highest BCUT2D eigenvalue weighted by Gasteiger charge is 2.15. The molecule has 0 bridgehead atoms. The van der Waals surface area contributed by atoms with Crippen molar-refractivity contribution in [2.75, 3.05) is 0 Å². The fraction of sp³-hybridized carbons (Fsp3) is 0.733. The van der Waals surface area contributed by atoms with Crippen molar-refractivity contribution < 1.29 is 0 Å². The number of aromatic nitrogens is 1. The summed E-state index contributed by atoms with van der Waals surface area (Å²) in [5.74, 6) is 0.720. The second kappa shape index (κ2) is 5.56. The first-order valence-electron chi connectivity index (χ1n) is 7.02. The van der Waals surface area contributed by atoms with Crippen LogP contribution >= 0.6 is 0 Å². The average molecular weight is 219 g/mol. The van der Waals surface area contributed by atoms with Crippen molar-refractivity contribution in [1.82, 2.24) is 4.98 Å². The van der Waals surface area contributed by atoms with Crippen LogP contribution in [-0.2, 0) is 12.8 Å². The van der Waals surface area contributed by atoms with Gasteiger partial charge in [0.25, 0.3) is 0 Å². The zero-order valence-electron chi connectivity index (χ0n) is 10.8. The van der Waals surface area contributed by atoms with Crippen LogP contribution in [0.25, 0.3) is 0 Å². The van der Waals surface area contributed by atoms with Gasteiger partial charge in [-0.05, 0) is 49.7 Å². The number of aryl methyl sites for hydroxylation is 2. The molecule has 1 atom stereocenters. The third-order valence-electron chi connectivity index (χ3n) is 3.91. The Morgan fingerprint density at radius 2 is 2.06 bits per heavy atom. The first-order valence-corrected chi connectivity index (χ1v) is 7.02. The van der Waals surface area contributed by atoms with Gasteiger partial charge in [0.15, 0.2) is 0 Å². The van der Waals surface area contributed by atoms with E-state index in [1.165, 1.54) is 62.8 Å². The topological polar surface area (TPSA) is 15.8 Å². The van der Waals surface area contributed by atoms with Crippen LogP contribution in [0.3, 0.4) is 0 Å². The van der Waals surface area contributed by atoms with Gasteiger partial charge in [-0.25, -0.2) is 0 Å². The molecule has 16 heavy (non-hydrogen) atoms. The summed E-state index contributed by atoms with van der Waals surface area (Å²) in [5.41, 5.74) is 4.62. The molecule has 0 aromatic carbocycles.